The summed E-state index contributed by atoms with van der Waals surface area (Å²) in [6.45, 7) is 0.911. The van der Waals surface area contributed by atoms with Crippen LogP contribution in [0.3, 0.4) is 0 Å². The third kappa shape index (κ3) is 3.34. The van der Waals surface area contributed by atoms with Crippen LogP contribution < -0.4 is 9.21 Å². The second kappa shape index (κ2) is 6.14. The minimum absolute atomic E-state index is 0.911. The Bertz CT molecular complexity index is 608. The lowest BCUT2D eigenvalue weighted by Crippen LogP contribution is -2.10. The Morgan fingerprint density at radius 3 is 2.29 bits per heavy atom. The van der Waals surface area contributed by atoms with Crippen molar-refractivity contribution in [2.45, 2.75) is 6.54 Å². The number of rotatable bonds is 4. The fourth-order valence-electron chi connectivity index (χ4n) is 2.18. The van der Waals surface area contributed by atoms with Gasteiger partial charge in [0.1, 0.15) is 0 Å². The average molecular weight is 297 g/mol. The summed E-state index contributed by atoms with van der Waals surface area (Å²) in [5.74, 6) is 0. The first-order valence-electron chi connectivity index (χ1n) is 6.96. The van der Waals surface area contributed by atoms with Crippen LogP contribution >= 0.6 is 12.1 Å². The molecule has 1 aliphatic heterocycles. The van der Waals surface area contributed by atoms with Crippen LogP contribution in [0.25, 0.3) is 0 Å². The smallest absolute Gasteiger partial charge is 0.0758 e. The lowest BCUT2D eigenvalue weighted by atomic mass is 10.2. The van der Waals surface area contributed by atoms with E-state index >= 15 is 0 Å². The quantitative estimate of drug-likeness (QED) is 0.785. The molecule has 0 fully saturated rings. The van der Waals surface area contributed by atoms with Gasteiger partial charge in [0.15, 0.2) is 0 Å². The predicted octanol–water partition coefficient (Wildman–Crippen LogP) is 4.11. The lowest BCUT2D eigenvalue weighted by molar-refractivity contribution is 0.627. The first-order valence-corrected chi connectivity index (χ1v) is 7.69. The van der Waals surface area contributed by atoms with Crippen molar-refractivity contribution in [2.75, 3.05) is 23.3 Å². The Morgan fingerprint density at radius 1 is 0.905 bits per heavy atom. The van der Waals surface area contributed by atoms with Crippen LogP contribution in [-0.2, 0) is 6.54 Å². The monoisotopic (exact) mass is 297 g/mol. The van der Waals surface area contributed by atoms with E-state index in [-0.39, 0.29) is 0 Å². The minimum atomic E-state index is 0.911. The fourth-order valence-corrected chi connectivity index (χ4v) is 3.04. The highest BCUT2D eigenvalue weighted by Crippen LogP contribution is 2.33. The maximum Gasteiger partial charge on any atom is 0.0758 e. The molecule has 2 aromatic carbocycles. The molecule has 0 saturated carbocycles. The fraction of sp³-hybridized carbons (Fsp3) is 0.176. The normalized spacial score (nSPS) is 13.8. The molecule has 0 aliphatic carbocycles. The SMILES string of the molecule is CN(C)c1ccc(N2C=CN(Cc3ccccc3)S2)cc1. The van der Waals surface area contributed by atoms with Crippen LogP contribution in [-0.4, -0.2) is 18.4 Å². The Kier molecular flexibility index (Phi) is 4.06. The summed E-state index contributed by atoms with van der Waals surface area (Å²) in [7, 11) is 4.11. The Morgan fingerprint density at radius 2 is 1.62 bits per heavy atom. The molecule has 3 rings (SSSR count). The van der Waals surface area contributed by atoms with Gasteiger partial charge in [-0.1, -0.05) is 30.3 Å². The van der Waals surface area contributed by atoms with Gasteiger partial charge in [0.25, 0.3) is 0 Å². The van der Waals surface area contributed by atoms with Crippen molar-refractivity contribution >= 4 is 23.5 Å². The van der Waals surface area contributed by atoms with E-state index in [0.717, 1.165) is 6.54 Å². The molecule has 4 heteroatoms. The maximum absolute atomic E-state index is 2.23. The second-order valence-electron chi connectivity index (χ2n) is 5.18. The summed E-state index contributed by atoms with van der Waals surface area (Å²) in [6.07, 6.45) is 4.23. The van der Waals surface area contributed by atoms with Gasteiger partial charge in [-0.05, 0) is 29.8 Å². The molecule has 0 amide bonds. The van der Waals surface area contributed by atoms with Gasteiger partial charge in [-0.25, -0.2) is 0 Å². The Balaban J connectivity index is 1.63. The van der Waals surface area contributed by atoms with Gasteiger partial charge >= 0.3 is 0 Å². The Labute approximate surface area is 130 Å². The molecule has 0 N–H and O–H groups in total. The van der Waals surface area contributed by atoms with Crippen LogP contribution in [0, 0.1) is 0 Å². The zero-order valence-electron chi connectivity index (χ0n) is 12.3. The molecule has 0 aromatic heterocycles. The van der Waals surface area contributed by atoms with Crippen LogP contribution in [0.15, 0.2) is 67.0 Å². The molecule has 108 valence electrons. The summed E-state index contributed by atoms with van der Waals surface area (Å²) in [5.41, 5.74) is 3.73. The van der Waals surface area contributed by atoms with E-state index < -0.39 is 0 Å². The van der Waals surface area contributed by atoms with Gasteiger partial charge in [0.2, 0.25) is 0 Å². The molecule has 0 atom stereocenters. The van der Waals surface area contributed by atoms with Gasteiger partial charge in [-0.3, -0.25) is 8.61 Å². The highest BCUT2D eigenvalue weighted by molar-refractivity contribution is 7.98. The van der Waals surface area contributed by atoms with E-state index in [1.54, 1.807) is 12.1 Å². The summed E-state index contributed by atoms with van der Waals surface area (Å²) in [6, 6.07) is 19.1. The van der Waals surface area contributed by atoms with E-state index in [1.807, 2.05) is 0 Å². The van der Waals surface area contributed by atoms with Crippen molar-refractivity contribution < 1.29 is 0 Å². The van der Waals surface area contributed by atoms with Gasteiger partial charge < -0.3 is 4.90 Å². The lowest BCUT2D eigenvalue weighted by Gasteiger charge is -2.20. The first kappa shape index (κ1) is 13.9. The van der Waals surface area contributed by atoms with Gasteiger partial charge in [-0.2, -0.15) is 0 Å². The zero-order valence-corrected chi connectivity index (χ0v) is 13.1. The van der Waals surface area contributed by atoms with Crippen molar-refractivity contribution in [2.24, 2.45) is 0 Å². The molecule has 2 aromatic rings. The molecule has 1 aliphatic rings. The molecule has 3 nitrogen and oxygen atoms in total. The Hall–Kier alpha value is -2.07. The van der Waals surface area contributed by atoms with Gasteiger partial charge in [0, 0.05) is 32.2 Å². The average Bonchev–Trinajstić information content (AvgIpc) is 2.97. The van der Waals surface area contributed by atoms with E-state index in [2.05, 4.69) is 94.6 Å². The molecule has 0 bridgehead atoms. The molecule has 21 heavy (non-hydrogen) atoms. The van der Waals surface area contributed by atoms with E-state index in [9.17, 15) is 0 Å². The number of benzene rings is 2. The van der Waals surface area contributed by atoms with Crippen molar-refractivity contribution in [3.63, 3.8) is 0 Å². The minimum Gasteiger partial charge on any atom is -0.378 e. The van der Waals surface area contributed by atoms with Crippen molar-refractivity contribution in [1.82, 2.24) is 4.31 Å². The molecule has 0 saturated heterocycles. The largest absolute Gasteiger partial charge is 0.378 e. The van der Waals surface area contributed by atoms with Gasteiger partial charge in [-0.15, -0.1) is 0 Å². The standard InChI is InChI=1S/C17H19N3S/c1-18(2)16-8-10-17(11-9-16)20-13-12-19(21-20)14-15-6-4-3-5-7-15/h3-13H,14H2,1-2H3. The second-order valence-corrected chi connectivity index (χ2v) is 6.20. The van der Waals surface area contributed by atoms with Crippen molar-refractivity contribution in [1.29, 1.82) is 0 Å². The van der Waals surface area contributed by atoms with Crippen LogP contribution in [0.5, 0.6) is 0 Å². The highest BCUT2D eigenvalue weighted by atomic mass is 32.2. The molecule has 0 spiro atoms. The molecule has 0 radical (unpaired) electrons. The third-order valence-corrected chi connectivity index (χ3v) is 4.33. The van der Waals surface area contributed by atoms with Gasteiger partial charge in [0.05, 0.1) is 24.4 Å². The van der Waals surface area contributed by atoms with Crippen LogP contribution in [0.4, 0.5) is 11.4 Å². The first-order chi connectivity index (χ1) is 10.2. The predicted molar refractivity (Wildman–Crippen MR) is 92.0 cm³/mol. The van der Waals surface area contributed by atoms with E-state index in [1.165, 1.54) is 16.9 Å². The van der Waals surface area contributed by atoms with E-state index in [4.69, 9.17) is 0 Å². The number of hydrogen-bond donors (Lipinski definition) is 0. The van der Waals surface area contributed by atoms with Crippen LogP contribution in [0.2, 0.25) is 0 Å². The summed E-state index contributed by atoms with van der Waals surface area (Å²) >= 11 is 1.71. The van der Waals surface area contributed by atoms with Crippen molar-refractivity contribution in [3.8, 4) is 0 Å². The number of anilines is 2. The molecule has 0 unspecified atom stereocenters. The summed E-state index contributed by atoms with van der Waals surface area (Å²) in [4.78, 5) is 2.11. The van der Waals surface area contributed by atoms with Crippen molar-refractivity contribution in [3.05, 3.63) is 72.6 Å². The molecular weight excluding hydrogens is 278 g/mol. The maximum atomic E-state index is 2.23. The third-order valence-electron chi connectivity index (χ3n) is 3.36. The van der Waals surface area contributed by atoms with Crippen LogP contribution in [0.1, 0.15) is 5.56 Å². The molecule has 1 heterocycles. The molecular formula is C17H19N3S. The number of hydrogen-bond acceptors (Lipinski definition) is 4. The van der Waals surface area contributed by atoms with E-state index in [0.29, 0.717) is 0 Å². The summed E-state index contributed by atoms with van der Waals surface area (Å²) < 4.78 is 4.41. The summed E-state index contributed by atoms with van der Waals surface area (Å²) in [5, 5.41) is 0. The highest BCUT2D eigenvalue weighted by Gasteiger charge is 2.15. The number of nitrogens with zero attached hydrogens (tertiary/aromatic N) is 3. The zero-order chi connectivity index (χ0) is 14.7. The topological polar surface area (TPSA) is 9.72 Å².